The van der Waals surface area contributed by atoms with E-state index in [2.05, 4.69) is 10.1 Å². The van der Waals surface area contributed by atoms with Gasteiger partial charge in [0.15, 0.2) is 28.2 Å². The zero-order valence-electron chi connectivity index (χ0n) is 24.5. The van der Waals surface area contributed by atoms with E-state index in [-0.39, 0.29) is 24.2 Å². The number of nitrogens with zero attached hydrogens (tertiary/aromatic N) is 5. The minimum absolute atomic E-state index is 0.0896. The first-order valence-electron chi connectivity index (χ1n) is 14.7. The number of anilines is 1. The Morgan fingerprint density at radius 1 is 0.913 bits per heavy atom. The monoisotopic (exact) mass is 661 g/mol. The molecule has 6 rings (SSSR count). The van der Waals surface area contributed by atoms with Crippen molar-refractivity contribution in [2.24, 2.45) is 7.05 Å². The van der Waals surface area contributed by atoms with E-state index in [4.69, 9.17) is 0 Å². The lowest BCUT2D eigenvalue weighted by atomic mass is 9.85. The molecule has 2 aliphatic rings. The predicted molar refractivity (Wildman–Crippen MR) is 157 cm³/mol. The third-order valence-corrected chi connectivity index (χ3v) is 10.7. The Hall–Kier alpha value is -4.24. The highest BCUT2D eigenvalue weighted by Crippen LogP contribution is 2.36. The van der Waals surface area contributed by atoms with Crippen molar-refractivity contribution in [2.45, 2.75) is 61.9 Å². The maximum Gasteiger partial charge on any atom is 0.274 e. The van der Waals surface area contributed by atoms with Crippen LogP contribution in [0.2, 0.25) is 0 Å². The average Bonchev–Trinajstić information content (AvgIpc) is 3.03. The summed E-state index contributed by atoms with van der Waals surface area (Å²) in [6, 6.07) is 6.64. The second-order valence-corrected chi connectivity index (χ2v) is 13.3. The van der Waals surface area contributed by atoms with E-state index in [1.54, 1.807) is 12.3 Å². The van der Waals surface area contributed by atoms with Gasteiger partial charge in [0.25, 0.3) is 5.56 Å². The summed E-state index contributed by atoms with van der Waals surface area (Å²) in [6.45, 7) is -0.557. The maximum atomic E-state index is 14.6. The summed E-state index contributed by atoms with van der Waals surface area (Å²) in [4.78, 5) is 30.4. The van der Waals surface area contributed by atoms with Crippen molar-refractivity contribution in [2.75, 3.05) is 11.4 Å². The minimum Gasteiger partial charge on any atom is -0.305 e. The number of fused-ring (bicyclic) bond motifs is 1. The smallest absolute Gasteiger partial charge is 0.274 e. The van der Waals surface area contributed by atoms with Crippen molar-refractivity contribution in [1.29, 1.82) is 0 Å². The van der Waals surface area contributed by atoms with Gasteiger partial charge in [-0.3, -0.25) is 14.6 Å². The zero-order valence-corrected chi connectivity index (χ0v) is 25.3. The molecule has 1 aliphatic heterocycles. The number of aromatic nitrogens is 3. The van der Waals surface area contributed by atoms with Crippen molar-refractivity contribution in [3.8, 4) is 0 Å². The molecule has 2 aromatic carbocycles. The van der Waals surface area contributed by atoms with Gasteiger partial charge in [0.1, 0.15) is 6.04 Å². The lowest BCUT2D eigenvalue weighted by Crippen LogP contribution is -2.59. The van der Waals surface area contributed by atoms with Crippen LogP contribution in [-0.4, -0.2) is 46.0 Å². The molecule has 1 atom stereocenters. The molecule has 9 nitrogen and oxygen atoms in total. The molecule has 0 unspecified atom stereocenters. The Morgan fingerprint density at radius 2 is 1.59 bits per heavy atom. The van der Waals surface area contributed by atoms with Gasteiger partial charge in [0.2, 0.25) is 21.7 Å². The second-order valence-electron chi connectivity index (χ2n) is 11.5. The molecule has 0 spiro atoms. The summed E-state index contributed by atoms with van der Waals surface area (Å²) in [7, 11) is -3.88. The highest BCUT2D eigenvalue weighted by atomic mass is 32.2. The lowest BCUT2D eigenvalue weighted by molar-refractivity contribution is -0.125. The van der Waals surface area contributed by atoms with Crippen LogP contribution in [0.5, 0.6) is 0 Å². The zero-order chi connectivity index (χ0) is 32.9. The standard InChI is InChI=1S/C31H28F5N5O4S/c1-39-30(42)22-10-9-21(13-19(22)15-38-39)40(16-20-8-7-18(14-37-20)17-5-3-2-4-6-17)31(43)23-11-12-41(23)46(44,45)29-27(35)25(33)24(32)26(34)28(29)36/h7-10,13-15,17,23H,2-6,11-12,16H2,1H3/t23-/m1/s1. The predicted octanol–water partition coefficient (Wildman–Crippen LogP) is 5.07. The van der Waals surface area contributed by atoms with Crippen molar-refractivity contribution in [1.82, 2.24) is 19.1 Å². The van der Waals surface area contributed by atoms with E-state index in [9.17, 15) is 40.0 Å². The Morgan fingerprint density at radius 3 is 2.20 bits per heavy atom. The molecule has 15 heteroatoms. The number of sulfonamides is 1. The van der Waals surface area contributed by atoms with E-state index in [1.165, 1.54) is 42.8 Å². The molecule has 0 radical (unpaired) electrons. The van der Waals surface area contributed by atoms with E-state index in [0.717, 1.165) is 35.9 Å². The number of aryl methyl sites for hydroxylation is 1. The summed E-state index contributed by atoms with van der Waals surface area (Å²) in [5.41, 5.74) is 1.36. The Bertz CT molecular complexity index is 1990. The fourth-order valence-corrected chi connectivity index (χ4v) is 7.81. The van der Waals surface area contributed by atoms with Gasteiger partial charge in [-0.25, -0.2) is 35.1 Å². The maximum absolute atomic E-state index is 14.6. The summed E-state index contributed by atoms with van der Waals surface area (Å²) < 4.78 is 98.8. The summed E-state index contributed by atoms with van der Waals surface area (Å²) in [6.07, 6.45) is 8.60. The number of amides is 1. The van der Waals surface area contributed by atoms with Crippen molar-refractivity contribution in [3.63, 3.8) is 0 Å². The molecule has 4 aromatic rings. The van der Waals surface area contributed by atoms with Crippen LogP contribution in [-0.2, 0) is 28.4 Å². The van der Waals surface area contributed by atoms with Crippen molar-refractivity contribution >= 4 is 32.4 Å². The van der Waals surface area contributed by atoms with Crippen LogP contribution in [0.4, 0.5) is 27.6 Å². The number of hydrogen-bond donors (Lipinski definition) is 0. The Balaban J connectivity index is 1.36. The van der Waals surface area contributed by atoms with E-state index in [0.29, 0.717) is 26.7 Å². The molecule has 0 N–H and O–H groups in total. The average molecular weight is 662 g/mol. The number of rotatable bonds is 7. The molecule has 46 heavy (non-hydrogen) atoms. The van der Waals surface area contributed by atoms with Crippen LogP contribution >= 0.6 is 0 Å². The molecule has 1 saturated heterocycles. The Labute approximate surface area is 260 Å². The number of hydrogen-bond acceptors (Lipinski definition) is 6. The molecule has 1 saturated carbocycles. The van der Waals surface area contributed by atoms with Gasteiger partial charge >= 0.3 is 0 Å². The van der Waals surface area contributed by atoms with Crippen LogP contribution < -0.4 is 10.5 Å². The number of carbonyl (C=O) groups excluding carboxylic acids is 1. The van der Waals surface area contributed by atoms with Crippen LogP contribution in [0.25, 0.3) is 10.8 Å². The topological polar surface area (TPSA) is 105 Å². The van der Waals surface area contributed by atoms with E-state index >= 15 is 0 Å². The largest absolute Gasteiger partial charge is 0.305 e. The molecular weight excluding hydrogens is 633 g/mol. The van der Waals surface area contributed by atoms with Crippen LogP contribution in [0.3, 0.4) is 0 Å². The molecular formula is C31H28F5N5O4S. The highest BCUT2D eigenvalue weighted by Gasteiger charge is 2.48. The van der Waals surface area contributed by atoms with Crippen LogP contribution in [0, 0.1) is 29.1 Å². The van der Waals surface area contributed by atoms with Crippen molar-refractivity contribution < 1.29 is 35.2 Å². The van der Waals surface area contributed by atoms with Crippen molar-refractivity contribution in [3.05, 3.63) is 93.4 Å². The first-order valence-corrected chi connectivity index (χ1v) is 16.1. The molecule has 2 aromatic heterocycles. The summed E-state index contributed by atoms with van der Waals surface area (Å²) in [5, 5.41) is 4.70. The van der Waals surface area contributed by atoms with Gasteiger partial charge in [-0.15, -0.1) is 0 Å². The van der Waals surface area contributed by atoms with Gasteiger partial charge in [0.05, 0.1) is 23.8 Å². The second kappa shape index (κ2) is 12.2. The highest BCUT2D eigenvalue weighted by molar-refractivity contribution is 7.89. The molecule has 0 bridgehead atoms. The lowest BCUT2D eigenvalue weighted by Gasteiger charge is -2.41. The fourth-order valence-electron chi connectivity index (χ4n) is 6.07. The fraction of sp³-hybridized carbons (Fsp3) is 0.355. The number of pyridine rings is 1. The van der Waals surface area contributed by atoms with E-state index in [1.807, 2.05) is 6.07 Å². The first kappa shape index (κ1) is 31.7. The summed E-state index contributed by atoms with van der Waals surface area (Å²) >= 11 is 0. The van der Waals surface area contributed by atoms with Gasteiger partial charge in [-0.05, 0) is 55.0 Å². The first-order chi connectivity index (χ1) is 21.9. The third kappa shape index (κ3) is 5.44. The molecule has 1 amide bonds. The minimum atomic E-state index is -5.35. The number of benzene rings is 2. The molecule has 3 heterocycles. The molecule has 1 aliphatic carbocycles. The normalized spacial score (nSPS) is 17.7. The number of halogens is 5. The van der Waals surface area contributed by atoms with E-state index < -0.39 is 62.5 Å². The van der Waals surface area contributed by atoms with Gasteiger partial charge in [0, 0.05) is 30.9 Å². The van der Waals surface area contributed by atoms with Gasteiger partial charge < -0.3 is 4.90 Å². The quantitative estimate of drug-likeness (QED) is 0.156. The number of carbonyl (C=O) groups is 1. The van der Waals surface area contributed by atoms with Crippen LogP contribution in [0.15, 0.2) is 52.4 Å². The third-order valence-electron chi connectivity index (χ3n) is 8.74. The molecule has 2 fully saturated rings. The molecule has 242 valence electrons. The summed E-state index contributed by atoms with van der Waals surface area (Å²) in [5.74, 6) is -12.8. The van der Waals surface area contributed by atoms with Gasteiger partial charge in [-0.1, -0.05) is 25.3 Å². The SMILES string of the molecule is Cn1ncc2cc(N(Cc3ccc(C4CCCCC4)cn3)C(=O)[C@H]3CCN3S(=O)(=O)c3c(F)c(F)c(F)c(F)c3F)ccc2c1=O. The Kier molecular flexibility index (Phi) is 8.40. The van der Waals surface area contributed by atoms with Crippen LogP contribution in [0.1, 0.15) is 55.7 Å². The van der Waals surface area contributed by atoms with Gasteiger partial charge in [-0.2, -0.15) is 9.40 Å².